The summed E-state index contributed by atoms with van der Waals surface area (Å²) in [6.07, 6.45) is -2.55. The molecule has 0 spiro atoms. The van der Waals surface area contributed by atoms with Gasteiger partial charge < -0.3 is 15.7 Å². The highest BCUT2D eigenvalue weighted by molar-refractivity contribution is 5.86. The summed E-state index contributed by atoms with van der Waals surface area (Å²) in [6.45, 7) is 0.196. The SMILES string of the molecule is CC(NC(=O)NCc1ccncn1)(C(=O)O)C(F)(F)F. The van der Waals surface area contributed by atoms with Gasteiger partial charge in [-0.15, -0.1) is 0 Å². The second-order valence-electron chi connectivity index (χ2n) is 3.94. The minimum absolute atomic E-state index is 0.165. The van der Waals surface area contributed by atoms with E-state index < -0.39 is 23.7 Å². The number of aromatic nitrogens is 2. The number of aliphatic carboxylic acids is 1. The molecule has 1 unspecified atom stereocenters. The van der Waals surface area contributed by atoms with Gasteiger partial charge in [0.1, 0.15) is 6.33 Å². The fourth-order valence-electron chi connectivity index (χ4n) is 1.11. The molecule has 1 rings (SSSR count). The first-order valence-corrected chi connectivity index (χ1v) is 5.28. The van der Waals surface area contributed by atoms with Crippen LogP contribution >= 0.6 is 0 Å². The second kappa shape index (κ2) is 5.72. The Morgan fingerprint density at radius 3 is 2.50 bits per heavy atom. The summed E-state index contributed by atoms with van der Waals surface area (Å²) in [5.74, 6) is -2.21. The molecule has 0 aromatic carbocycles. The molecule has 0 aliphatic heterocycles. The van der Waals surface area contributed by atoms with E-state index in [1.165, 1.54) is 23.9 Å². The number of alkyl halides is 3. The number of carbonyl (C=O) groups is 2. The van der Waals surface area contributed by atoms with Crippen LogP contribution in [-0.4, -0.2) is 38.8 Å². The Morgan fingerprint density at radius 1 is 1.40 bits per heavy atom. The largest absolute Gasteiger partial charge is 0.479 e. The van der Waals surface area contributed by atoms with Gasteiger partial charge in [-0.1, -0.05) is 0 Å². The molecule has 0 radical (unpaired) electrons. The van der Waals surface area contributed by atoms with Crippen molar-refractivity contribution in [3.05, 3.63) is 24.3 Å². The first-order chi connectivity index (χ1) is 9.17. The van der Waals surface area contributed by atoms with Crippen LogP contribution < -0.4 is 10.6 Å². The molecule has 1 heterocycles. The van der Waals surface area contributed by atoms with Gasteiger partial charge in [0.05, 0.1) is 12.2 Å². The topological polar surface area (TPSA) is 104 Å². The van der Waals surface area contributed by atoms with E-state index in [0.29, 0.717) is 12.6 Å². The Hall–Kier alpha value is -2.39. The Morgan fingerprint density at radius 2 is 2.05 bits per heavy atom. The minimum atomic E-state index is -5.13. The van der Waals surface area contributed by atoms with Gasteiger partial charge in [0.2, 0.25) is 5.54 Å². The van der Waals surface area contributed by atoms with Gasteiger partial charge in [0.15, 0.2) is 0 Å². The third kappa shape index (κ3) is 3.56. The number of nitrogens with zero attached hydrogens (tertiary/aromatic N) is 2. The zero-order valence-corrected chi connectivity index (χ0v) is 10.2. The smallest absolute Gasteiger partial charge is 0.422 e. The molecule has 20 heavy (non-hydrogen) atoms. The van der Waals surface area contributed by atoms with Crippen molar-refractivity contribution in [3.8, 4) is 0 Å². The van der Waals surface area contributed by atoms with Crippen molar-refractivity contribution >= 4 is 12.0 Å². The fourth-order valence-corrected chi connectivity index (χ4v) is 1.11. The van der Waals surface area contributed by atoms with E-state index in [2.05, 4.69) is 15.3 Å². The third-order valence-electron chi connectivity index (χ3n) is 2.43. The minimum Gasteiger partial charge on any atom is -0.479 e. The number of carboxylic acid groups (broad SMARTS) is 1. The summed E-state index contributed by atoms with van der Waals surface area (Å²) < 4.78 is 37.9. The number of nitrogens with one attached hydrogen (secondary N) is 2. The second-order valence-corrected chi connectivity index (χ2v) is 3.94. The van der Waals surface area contributed by atoms with E-state index in [1.54, 1.807) is 0 Å². The van der Waals surface area contributed by atoms with Crippen LogP contribution in [0.15, 0.2) is 18.6 Å². The molecule has 1 atom stereocenters. The fraction of sp³-hybridized carbons (Fsp3) is 0.400. The summed E-state index contributed by atoms with van der Waals surface area (Å²) in [5.41, 5.74) is -3.01. The number of carboxylic acids is 1. The van der Waals surface area contributed by atoms with Crippen LogP contribution in [0.4, 0.5) is 18.0 Å². The van der Waals surface area contributed by atoms with E-state index in [-0.39, 0.29) is 6.54 Å². The van der Waals surface area contributed by atoms with Crippen molar-refractivity contribution in [2.45, 2.75) is 25.2 Å². The van der Waals surface area contributed by atoms with Crippen LogP contribution in [0.25, 0.3) is 0 Å². The first-order valence-electron chi connectivity index (χ1n) is 5.28. The quantitative estimate of drug-likeness (QED) is 0.757. The molecule has 0 saturated carbocycles. The molecule has 110 valence electrons. The maximum atomic E-state index is 12.6. The maximum Gasteiger partial charge on any atom is 0.422 e. The number of halogens is 3. The van der Waals surface area contributed by atoms with Crippen LogP contribution in [-0.2, 0) is 11.3 Å². The Balaban J connectivity index is 2.67. The van der Waals surface area contributed by atoms with Gasteiger partial charge in [0.25, 0.3) is 0 Å². The van der Waals surface area contributed by atoms with Crippen molar-refractivity contribution in [2.75, 3.05) is 0 Å². The molecule has 0 saturated heterocycles. The lowest BCUT2D eigenvalue weighted by Gasteiger charge is -2.28. The van der Waals surface area contributed by atoms with Crippen LogP contribution in [0.3, 0.4) is 0 Å². The van der Waals surface area contributed by atoms with Gasteiger partial charge >= 0.3 is 18.2 Å². The summed E-state index contributed by atoms with van der Waals surface area (Å²) in [4.78, 5) is 29.4. The molecule has 0 fully saturated rings. The molecular formula is C10H11F3N4O3. The highest BCUT2D eigenvalue weighted by Crippen LogP contribution is 2.30. The van der Waals surface area contributed by atoms with Crippen LogP contribution in [0.2, 0.25) is 0 Å². The number of carbonyl (C=O) groups excluding carboxylic acids is 1. The maximum absolute atomic E-state index is 12.6. The molecule has 0 aliphatic rings. The highest BCUT2D eigenvalue weighted by Gasteiger charge is 2.58. The van der Waals surface area contributed by atoms with Crippen molar-refractivity contribution in [3.63, 3.8) is 0 Å². The van der Waals surface area contributed by atoms with Crippen LogP contribution in [0.1, 0.15) is 12.6 Å². The average molecular weight is 292 g/mol. The first kappa shape index (κ1) is 15.7. The number of rotatable bonds is 4. The monoisotopic (exact) mass is 292 g/mol. The molecular weight excluding hydrogens is 281 g/mol. The average Bonchev–Trinajstić information content (AvgIpc) is 2.36. The van der Waals surface area contributed by atoms with Gasteiger partial charge in [-0.3, -0.25) is 0 Å². The van der Waals surface area contributed by atoms with Crippen molar-refractivity contribution < 1.29 is 27.9 Å². The summed E-state index contributed by atoms with van der Waals surface area (Å²) >= 11 is 0. The van der Waals surface area contributed by atoms with Crippen molar-refractivity contribution in [2.24, 2.45) is 0 Å². The summed E-state index contributed by atoms with van der Waals surface area (Å²) in [6, 6.07) is 0.172. The Bertz CT molecular complexity index is 494. The lowest BCUT2D eigenvalue weighted by Crippen LogP contribution is -2.63. The van der Waals surface area contributed by atoms with E-state index in [9.17, 15) is 22.8 Å². The predicted molar refractivity (Wildman–Crippen MR) is 59.5 cm³/mol. The van der Waals surface area contributed by atoms with Crippen molar-refractivity contribution in [1.29, 1.82) is 0 Å². The van der Waals surface area contributed by atoms with E-state index in [1.807, 2.05) is 0 Å². The van der Waals surface area contributed by atoms with Gasteiger partial charge in [-0.2, -0.15) is 13.2 Å². The van der Waals surface area contributed by atoms with Gasteiger partial charge in [0, 0.05) is 6.20 Å². The molecule has 1 aromatic rings. The Labute approximate surface area is 111 Å². The number of hydrogen-bond donors (Lipinski definition) is 3. The van der Waals surface area contributed by atoms with Gasteiger partial charge in [-0.05, 0) is 13.0 Å². The van der Waals surface area contributed by atoms with Crippen LogP contribution in [0.5, 0.6) is 0 Å². The number of amides is 2. The normalized spacial score (nSPS) is 14.2. The molecule has 3 N–H and O–H groups in total. The highest BCUT2D eigenvalue weighted by atomic mass is 19.4. The van der Waals surface area contributed by atoms with Gasteiger partial charge in [-0.25, -0.2) is 19.6 Å². The van der Waals surface area contributed by atoms with Crippen LogP contribution in [0, 0.1) is 0 Å². The van der Waals surface area contributed by atoms with Crippen molar-refractivity contribution in [1.82, 2.24) is 20.6 Å². The predicted octanol–water partition coefficient (Wildman–Crippen LogP) is 0.681. The lowest BCUT2D eigenvalue weighted by atomic mass is 10.0. The van der Waals surface area contributed by atoms with E-state index in [0.717, 1.165) is 0 Å². The summed E-state index contributed by atoms with van der Waals surface area (Å²) in [7, 11) is 0. The molecule has 1 aromatic heterocycles. The molecule has 0 bridgehead atoms. The molecule has 10 heteroatoms. The zero-order valence-electron chi connectivity index (χ0n) is 10.2. The van der Waals surface area contributed by atoms with E-state index >= 15 is 0 Å². The number of urea groups is 1. The zero-order chi connectivity index (χ0) is 15.4. The third-order valence-corrected chi connectivity index (χ3v) is 2.43. The number of hydrogen-bond acceptors (Lipinski definition) is 4. The van der Waals surface area contributed by atoms with E-state index in [4.69, 9.17) is 5.11 Å². The summed E-state index contributed by atoms with van der Waals surface area (Å²) in [5, 5.41) is 12.1. The Kier molecular flexibility index (Phi) is 4.48. The standard InChI is InChI=1S/C10H11F3N4O3/c1-9(7(18)19,10(11,12)13)17-8(20)15-4-6-2-3-14-5-16-6/h2-3,5H,4H2,1H3,(H,18,19)(H2,15,17,20). The lowest BCUT2D eigenvalue weighted by molar-refractivity contribution is -0.203. The molecule has 2 amide bonds. The molecule has 0 aliphatic carbocycles. The molecule has 7 nitrogen and oxygen atoms in total.